The van der Waals surface area contributed by atoms with E-state index in [2.05, 4.69) is 52.4 Å². The highest BCUT2D eigenvalue weighted by Crippen LogP contribution is 2.28. The van der Waals surface area contributed by atoms with Crippen molar-refractivity contribution in [2.24, 2.45) is 0 Å². The molecule has 1 atom stereocenters. The summed E-state index contributed by atoms with van der Waals surface area (Å²) in [6.07, 6.45) is 0. The maximum absolute atomic E-state index is 13.0. The second-order valence-corrected chi connectivity index (χ2v) is 6.51. The number of rotatable bonds is 5. The summed E-state index contributed by atoms with van der Waals surface area (Å²) in [5, 5.41) is 3.22. The summed E-state index contributed by atoms with van der Waals surface area (Å²) >= 11 is 5.15. The molecule has 1 N–H and O–H groups in total. The van der Waals surface area contributed by atoms with Crippen LogP contribution in [0.2, 0.25) is 0 Å². The average molecular weight is 354 g/mol. The molecular weight excluding hydrogens is 337 g/mol. The molecule has 2 aromatic carbocycles. The molecule has 4 heteroatoms. The highest BCUT2D eigenvalue weighted by atomic mass is 79.9. The van der Waals surface area contributed by atoms with E-state index in [1.807, 2.05) is 13.1 Å². The zero-order valence-electron chi connectivity index (χ0n) is 11.5. The Labute approximate surface area is 132 Å². The maximum atomic E-state index is 13.0. The zero-order valence-corrected chi connectivity index (χ0v) is 13.9. The van der Waals surface area contributed by atoms with E-state index in [1.54, 1.807) is 11.8 Å². The van der Waals surface area contributed by atoms with Crippen molar-refractivity contribution in [2.75, 3.05) is 7.05 Å². The Kier molecular flexibility index (Phi) is 5.64. The van der Waals surface area contributed by atoms with Crippen LogP contribution in [0.1, 0.15) is 24.1 Å². The molecule has 0 radical (unpaired) electrons. The molecule has 1 unspecified atom stereocenters. The van der Waals surface area contributed by atoms with Crippen LogP contribution in [0.4, 0.5) is 4.39 Å². The summed E-state index contributed by atoms with van der Waals surface area (Å²) in [5.41, 5.74) is 2.38. The van der Waals surface area contributed by atoms with Crippen LogP contribution in [-0.4, -0.2) is 7.05 Å². The molecule has 0 amide bonds. The van der Waals surface area contributed by atoms with Crippen molar-refractivity contribution in [2.45, 2.75) is 23.6 Å². The number of benzene rings is 2. The second kappa shape index (κ2) is 7.25. The first-order valence-electron chi connectivity index (χ1n) is 6.44. The van der Waals surface area contributed by atoms with Gasteiger partial charge < -0.3 is 5.32 Å². The van der Waals surface area contributed by atoms with Crippen molar-refractivity contribution in [3.63, 3.8) is 0 Å². The van der Waals surface area contributed by atoms with E-state index < -0.39 is 0 Å². The highest BCUT2D eigenvalue weighted by molar-refractivity contribution is 9.10. The second-order valence-electron chi connectivity index (χ2n) is 4.60. The lowest BCUT2D eigenvalue weighted by molar-refractivity contribution is 0.626. The van der Waals surface area contributed by atoms with Gasteiger partial charge in [0.15, 0.2) is 0 Å². The molecule has 0 heterocycles. The number of thioether (sulfide) groups is 1. The summed E-state index contributed by atoms with van der Waals surface area (Å²) < 4.78 is 13.8. The summed E-state index contributed by atoms with van der Waals surface area (Å²) in [6, 6.07) is 13.7. The van der Waals surface area contributed by atoms with Crippen LogP contribution in [0.15, 0.2) is 51.8 Å². The van der Waals surface area contributed by atoms with Gasteiger partial charge in [0.05, 0.1) is 0 Å². The third-order valence-corrected chi connectivity index (χ3v) is 5.02. The molecule has 2 rings (SSSR count). The standard InChI is InChI=1S/C16H17BrFNS/c1-11(19-2)12-4-7-15(8-5-12)20-10-13-3-6-14(18)9-16(13)17/h3-9,11,19H,10H2,1-2H3. The quantitative estimate of drug-likeness (QED) is 0.745. The maximum Gasteiger partial charge on any atom is 0.124 e. The minimum absolute atomic E-state index is 0.212. The molecule has 0 spiro atoms. The third kappa shape index (κ3) is 4.08. The highest BCUT2D eigenvalue weighted by Gasteiger charge is 2.04. The van der Waals surface area contributed by atoms with Crippen molar-refractivity contribution >= 4 is 27.7 Å². The summed E-state index contributed by atoms with van der Waals surface area (Å²) in [7, 11) is 1.96. The molecular formula is C16H17BrFNS. The Morgan fingerprint density at radius 3 is 2.50 bits per heavy atom. The fraction of sp³-hybridized carbons (Fsp3) is 0.250. The van der Waals surface area contributed by atoms with Gasteiger partial charge in [-0.2, -0.15) is 0 Å². The lowest BCUT2D eigenvalue weighted by Gasteiger charge is -2.11. The predicted octanol–water partition coefficient (Wildman–Crippen LogP) is 5.16. The van der Waals surface area contributed by atoms with Crippen LogP contribution in [0, 0.1) is 5.82 Å². The van der Waals surface area contributed by atoms with Crippen LogP contribution >= 0.6 is 27.7 Å². The van der Waals surface area contributed by atoms with Gasteiger partial charge in [-0.3, -0.25) is 0 Å². The van der Waals surface area contributed by atoms with Gasteiger partial charge >= 0.3 is 0 Å². The molecule has 0 aliphatic heterocycles. The van der Waals surface area contributed by atoms with Crippen molar-refractivity contribution in [3.05, 3.63) is 63.9 Å². The predicted molar refractivity (Wildman–Crippen MR) is 87.6 cm³/mol. The Morgan fingerprint density at radius 1 is 1.20 bits per heavy atom. The lowest BCUT2D eigenvalue weighted by Crippen LogP contribution is -2.11. The van der Waals surface area contributed by atoms with Crippen LogP contribution in [-0.2, 0) is 5.75 Å². The molecule has 1 nitrogen and oxygen atoms in total. The van der Waals surface area contributed by atoms with Gasteiger partial charge in [0, 0.05) is 21.2 Å². The number of hydrogen-bond acceptors (Lipinski definition) is 2. The summed E-state index contributed by atoms with van der Waals surface area (Å²) in [5.74, 6) is 0.609. The number of halogens is 2. The fourth-order valence-corrected chi connectivity index (χ4v) is 3.40. The Morgan fingerprint density at radius 2 is 1.90 bits per heavy atom. The molecule has 0 saturated carbocycles. The van der Waals surface area contributed by atoms with Gasteiger partial charge in [-0.15, -0.1) is 11.8 Å². The minimum atomic E-state index is -0.212. The smallest absolute Gasteiger partial charge is 0.124 e. The molecule has 0 saturated heterocycles. The number of hydrogen-bond donors (Lipinski definition) is 1. The van der Waals surface area contributed by atoms with Gasteiger partial charge in [0.2, 0.25) is 0 Å². The van der Waals surface area contributed by atoms with E-state index in [1.165, 1.54) is 22.6 Å². The van der Waals surface area contributed by atoms with Crippen LogP contribution in [0.3, 0.4) is 0 Å². The van der Waals surface area contributed by atoms with E-state index in [4.69, 9.17) is 0 Å². The first kappa shape index (κ1) is 15.5. The van der Waals surface area contributed by atoms with Crippen molar-refractivity contribution in [1.82, 2.24) is 5.32 Å². The monoisotopic (exact) mass is 353 g/mol. The summed E-state index contributed by atoms with van der Waals surface area (Å²) in [4.78, 5) is 1.22. The van der Waals surface area contributed by atoms with E-state index in [0.717, 1.165) is 15.8 Å². The van der Waals surface area contributed by atoms with E-state index in [-0.39, 0.29) is 5.82 Å². The average Bonchev–Trinajstić information content (AvgIpc) is 2.46. The molecule has 0 aromatic heterocycles. The first-order chi connectivity index (χ1) is 9.60. The molecule has 0 aliphatic rings. The number of nitrogens with one attached hydrogen (secondary N) is 1. The van der Waals surface area contributed by atoms with Gasteiger partial charge in [-0.05, 0) is 49.4 Å². The van der Waals surface area contributed by atoms with Gasteiger partial charge in [-0.25, -0.2) is 4.39 Å². The normalized spacial score (nSPS) is 12.4. The minimum Gasteiger partial charge on any atom is -0.313 e. The van der Waals surface area contributed by atoms with Crippen molar-refractivity contribution < 1.29 is 4.39 Å². The third-order valence-electron chi connectivity index (χ3n) is 3.22. The summed E-state index contributed by atoms with van der Waals surface area (Å²) in [6.45, 7) is 2.14. The topological polar surface area (TPSA) is 12.0 Å². The van der Waals surface area contributed by atoms with E-state index >= 15 is 0 Å². The lowest BCUT2D eigenvalue weighted by atomic mass is 10.1. The molecule has 0 aliphatic carbocycles. The molecule has 0 fully saturated rings. The molecule has 20 heavy (non-hydrogen) atoms. The molecule has 106 valence electrons. The van der Waals surface area contributed by atoms with Crippen molar-refractivity contribution in [1.29, 1.82) is 0 Å². The van der Waals surface area contributed by atoms with Crippen LogP contribution in [0.5, 0.6) is 0 Å². The van der Waals surface area contributed by atoms with Gasteiger partial charge in [-0.1, -0.05) is 34.1 Å². The Hall–Kier alpha value is -0.840. The largest absolute Gasteiger partial charge is 0.313 e. The first-order valence-corrected chi connectivity index (χ1v) is 8.22. The zero-order chi connectivity index (χ0) is 14.5. The van der Waals surface area contributed by atoms with Crippen LogP contribution in [0.25, 0.3) is 0 Å². The van der Waals surface area contributed by atoms with Crippen molar-refractivity contribution in [3.8, 4) is 0 Å². The SMILES string of the molecule is CNC(C)c1ccc(SCc2ccc(F)cc2Br)cc1. The van der Waals surface area contributed by atoms with Gasteiger partial charge in [0.25, 0.3) is 0 Å². The Bertz CT molecular complexity index is 571. The molecule has 2 aromatic rings. The van der Waals surface area contributed by atoms with Crippen LogP contribution < -0.4 is 5.32 Å². The van der Waals surface area contributed by atoms with Gasteiger partial charge in [0.1, 0.15) is 5.82 Å². The van der Waals surface area contributed by atoms with E-state index in [9.17, 15) is 4.39 Å². The van der Waals surface area contributed by atoms with E-state index in [0.29, 0.717) is 6.04 Å². The Balaban J connectivity index is 2.00. The molecule has 0 bridgehead atoms. The fourth-order valence-electron chi connectivity index (χ4n) is 1.82.